The number of hydrogen-bond donors (Lipinski definition) is 2. The van der Waals surface area contributed by atoms with Crippen LogP contribution >= 0.6 is 0 Å². The van der Waals surface area contributed by atoms with Gasteiger partial charge in [0.15, 0.2) is 0 Å². The van der Waals surface area contributed by atoms with Gasteiger partial charge in [-0.15, -0.1) is 0 Å². The van der Waals surface area contributed by atoms with Gasteiger partial charge in [-0.05, 0) is 38.5 Å². The molecule has 1 aliphatic carbocycles. The molecule has 3 atom stereocenters. The van der Waals surface area contributed by atoms with E-state index in [-0.39, 0.29) is 0 Å². The van der Waals surface area contributed by atoms with Gasteiger partial charge in [-0.2, -0.15) is 0 Å². The zero-order valence-electron chi connectivity index (χ0n) is 8.92. The number of rotatable bonds is 7. The Bertz CT molecular complexity index is 138. The van der Waals surface area contributed by atoms with Crippen LogP contribution in [0.4, 0.5) is 0 Å². The maximum absolute atomic E-state index is 8.67. The van der Waals surface area contributed by atoms with Crippen LogP contribution in [0.5, 0.6) is 0 Å². The zero-order valence-corrected chi connectivity index (χ0v) is 8.92. The Kier molecular flexibility index (Phi) is 4.74. The molecule has 2 heteroatoms. The summed E-state index contributed by atoms with van der Waals surface area (Å²) in [7, 11) is 0. The molecule has 3 unspecified atom stereocenters. The molecule has 0 bridgehead atoms. The van der Waals surface area contributed by atoms with Crippen LogP contribution in [0.3, 0.4) is 0 Å². The first kappa shape index (κ1) is 11.0. The van der Waals surface area contributed by atoms with Gasteiger partial charge >= 0.3 is 0 Å². The third-order valence-electron chi connectivity index (χ3n) is 2.88. The predicted molar refractivity (Wildman–Crippen MR) is 55.7 cm³/mol. The molecule has 13 heavy (non-hydrogen) atoms. The summed E-state index contributed by atoms with van der Waals surface area (Å²) in [4.78, 5) is 0. The topological polar surface area (TPSA) is 32.3 Å². The fourth-order valence-corrected chi connectivity index (χ4v) is 1.99. The summed E-state index contributed by atoms with van der Waals surface area (Å²) in [6.07, 6.45) is 6.10. The monoisotopic (exact) mass is 185 g/mol. The van der Waals surface area contributed by atoms with Crippen LogP contribution in [-0.4, -0.2) is 23.8 Å². The fourth-order valence-electron chi connectivity index (χ4n) is 1.99. The third-order valence-corrected chi connectivity index (χ3v) is 2.88. The van der Waals surface area contributed by atoms with E-state index in [9.17, 15) is 0 Å². The van der Waals surface area contributed by atoms with E-state index in [0.717, 1.165) is 24.8 Å². The summed E-state index contributed by atoms with van der Waals surface area (Å²) in [6.45, 7) is 4.80. The van der Waals surface area contributed by atoms with Crippen LogP contribution in [0.2, 0.25) is 0 Å². The first-order chi connectivity index (χ1) is 6.27. The number of hydrogen-bond acceptors (Lipinski definition) is 2. The Morgan fingerprint density at radius 1 is 1.54 bits per heavy atom. The SMILES string of the molecule is CCCC1CC1NC(C)CCCO. The molecule has 0 aliphatic heterocycles. The van der Waals surface area contributed by atoms with E-state index in [2.05, 4.69) is 19.2 Å². The summed E-state index contributed by atoms with van der Waals surface area (Å²) < 4.78 is 0. The molecule has 1 rings (SSSR count). The van der Waals surface area contributed by atoms with Crippen molar-refractivity contribution in [3.63, 3.8) is 0 Å². The van der Waals surface area contributed by atoms with E-state index in [4.69, 9.17) is 5.11 Å². The second-order valence-electron chi connectivity index (χ2n) is 4.32. The highest BCUT2D eigenvalue weighted by Gasteiger charge is 2.36. The molecule has 0 aromatic heterocycles. The lowest BCUT2D eigenvalue weighted by atomic mass is 10.2. The lowest BCUT2D eigenvalue weighted by molar-refractivity contribution is 0.276. The summed E-state index contributed by atoms with van der Waals surface area (Å²) in [5.74, 6) is 0.946. The quantitative estimate of drug-likeness (QED) is 0.635. The average Bonchev–Trinajstić information content (AvgIpc) is 2.81. The van der Waals surface area contributed by atoms with Crippen LogP contribution in [-0.2, 0) is 0 Å². The fraction of sp³-hybridized carbons (Fsp3) is 1.00. The first-order valence-corrected chi connectivity index (χ1v) is 5.64. The molecule has 0 aromatic rings. The van der Waals surface area contributed by atoms with Gasteiger partial charge in [-0.25, -0.2) is 0 Å². The van der Waals surface area contributed by atoms with Gasteiger partial charge in [0.25, 0.3) is 0 Å². The first-order valence-electron chi connectivity index (χ1n) is 5.64. The van der Waals surface area contributed by atoms with Crippen molar-refractivity contribution in [2.24, 2.45) is 5.92 Å². The highest BCUT2D eigenvalue weighted by Crippen LogP contribution is 2.34. The second kappa shape index (κ2) is 5.61. The van der Waals surface area contributed by atoms with Gasteiger partial charge < -0.3 is 10.4 Å². The Hall–Kier alpha value is -0.0800. The minimum absolute atomic E-state index is 0.328. The van der Waals surface area contributed by atoms with E-state index in [1.165, 1.54) is 19.3 Å². The molecule has 1 aliphatic rings. The Morgan fingerprint density at radius 2 is 2.31 bits per heavy atom. The van der Waals surface area contributed by atoms with Gasteiger partial charge in [0.05, 0.1) is 0 Å². The molecule has 0 spiro atoms. The van der Waals surface area contributed by atoms with Gasteiger partial charge in [0.2, 0.25) is 0 Å². The Morgan fingerprint density at radius 3 is 2.92 bits per heavy atom. The molecule has 0 saturated heterocycles. The van der Waals surface area contributed by atoms with E-state index in [1.54, 1.807) is 0 Å². The predicted octanol–water partition coefficient (Wildman–Crippen LogP) is 1.93. The lowest BCUT2D eigenvalue weighted by Crippen LogP contribution is -2.29. The van der Waals surface area contributed by atoms with E-state index in [0.29, 0.717) is 12.6 Å². The Labute approximate surface area is 81.7 Å². The lowest BCUT2D eigenvalue weighted by Gasteiger charge is -2.12. The average molecular weight is 185 g/mol. The summed E-state index contributed by atoms with van der Waals surface area (Å²) in [5, 5.41) is 12.3. The number of aliphatic hydroxyl groups excluding tert-OH is 1. The van der Waals surface area contributed by atoms with Crippen LogP contribution in [0.25, 0.3) is 0 Å². The number of aliphatic hydroxyl groups is 1. The van der Waals surface area contributed by atoms with Crippen molar-refractivity contribution in [3.8, 4) is 0 Å². The molecule has 0 heterocycles. The van der Waals surface area contributed by atoms with Crippen molar-refractivity contribution >= 4 is 0 Å². The van der Waals surface area contributed by atoms with Crippen LogP contribution in [0.1, 0.15) is 46.0 Å². The van der Waals surface area contributed by atoms with Gasteiger partial charge in [-0.3, -0.25) is 0 Å². The molecule has 2 nitrogen and oxygen atoms in total. The Balaban J connectivity index is 1.99. The van der Waals surface area contributed by atoms with E-state index < -0.39 is 0 Å². The van der Waals surface area contributed by atoms with Crippen LogP contribution < -0.4 is 5.32 Å². The standard InChI is InChI=1S/C11H23NO/c1-3-5-10-8-11(10)12-9(2)6-4-7-13/h9-13H,3-8H2,1-2H3. The largest absolute Gasteiger partial charge is 0.396 e. The van der Waals surface area contributed by atoms with Crippen molar-refractivity contribution in [1.29, 1.82) is 0 Å². The second-order valence-corrected chi connectivity index (χ2v) is 4.32. The van der Waals surface area contributed by atoms with Gasteiger partial charge in [-0.1, -0.05) is 13.3 Å². The van der Waals surface area contributed by atoms with E-state index in [1.807, 2.05) is 0 Å². The smallest absolute Gasteiger partial charge is 0.0431 e. The molecule has 0 aromatic carbocycles. The van der Waals surface area contributed by atoms with Crippen molar-refractivity contribution < 1.29 is 5.11 Å². The highest BCUT2D eigenvalue weighted by atomic mass is 16.2. The van der Waals surface area contributed by atoms with Crippen molar-refractivity contribution in [1.82, 2.24) is 5.32 Å². The maximum atomic E-state index is 8.67. The highest BCUT2D eigenvalue weighted by molar-refractivity contribution is 4.93. The van der Waals surface area contributed by atoms with Crippen molar-refractivity contribution in [2.75, 3.05) is 6.61 Å². The molecule has 2 N–H and O–H groups in total. The minimum atomic E-state index is 0.328. The molecule has 1 fully saturated rings. The molecule has 78 valence electrons. The molecule has 0 radical (unpaired) electrons. The maximum Gasteiger partial charge on any atom is 0.0431 e. The third kappa shape index (κ3) is 4.10. The van der Waals surface area contributed by atoms with Crippen molar-refractivity contribution in [3.05, 3.63) is 0 Å². The van der Waals surface area contributed by atoms with E-state index >= 15 is 0 Å². The molecular formula is C11H23NO. The molecule has 1 saturated carbocycles. The van der Waals surface area contributed by atoms with Crippen molar-refractivity contribution in [2.45, 2.75) is 58.0 Å². The number of nitrogens with one attached hydrogen (secondary N) is 1. The van der Waals surface area contributed by atoms with Gasteiger partial charge in [0, 0.05) is 18.7 Å². The minimum Gasteiger partial charge on any atom is -0.396 e. The zero-order chi connectivity index (χ0) is 9.68. The summed E-state index contributed by atoms with van der Waals surface area (Å²) in [5.41, 5.74) is 0. The van der Waals surface area contributed by atoms with Crippen LogP contribution in [0.15, 0.2) is 0 Å². The summed E-state index contributed by atoms with van der Waals surface area (Å²) >= 11 is 0. The molecule has 0 amide bonds. The molecular weight excluding hydrogens is 162 g/mol. The van der Waals surface area contributed by atoms with Crippen LogP contribution in [0, 0.1) is 5.92 Å². The summed E-state index contributed by atoms with van der Waals surface area (Å²) in [6, 6.07) is 1.37. The van der Waals surface area contributed by atoms with Gasteiger partial charge in [0.1, 0.15) is 0 Å². The normalized spacial score (nSPS) is 28.8.